The Labute approximate surface area is 148 Å². The lowest BCUT2D eigenvalue weighted by Crippen LogP contribution is -2.35. The predicted octanol–water partition coefficient (Wildman–Crippen LogP) is 3.35. The van der Waals surface area contributed by atoms with Crippen LogP contribution in [0.3, 0.4) is 0 Å². The van der Waals surface area contributed by atoms with E-state index in [-0.39, 0.29) is 18.1 Å². The van der Waals surface area contributed by atoms with Gasteiger partial charge >= 0.3 is 0 Å². The van der Waals surface area contributed by atoms with E-state index in [2.05, 4.69) is 0 Å². The van der Waals surface area contributed by atoms with Crippen molar-refractivity contribution in [3.05, 3.63) is 77.2 Å². The number of benzene rings is 2. The van der Waals surface area contributed by atoms with Crippen LogP contribution in [-0.4, -0.2) is 26.7 Å². The Hall–Kier alpha value is -1.95. The molecule has 2 aromatic carbocycles. The summed E-state index contributed by atoms with van der Waals surface area (Å²) in [6.07, 6.45) is 0.747. The molecule has 0 amide bonds. The van der Waals surface area contributed by atoms with Gasteiger partial charge in [0.2, 0.25) is 9.84 Å². The standard InChI is InChI=1S/C20H20O4S/c1-14-17-12-18(25(21,22)16-10-6-3-7-11-16)20(24-17)19(14)23-13-15-8-4-2-5-9-15/h2-12,14,17,19-20H,13H2,1H3/t14-,17-,19-,20+/m0/s1. The van der Waals surface area contributed by atoms with Crippen molar-refractivity contribution < 1.29 is 17.9 Å². The van der Waals surface area contributed by atoms with Crippen LogP contribution in [0.1, 0.15) is 12.5 Å². The molecule has 0 spiro atoms. The van der Waals surface area contributed by atoms with E-state index >= 15 is 0 Å². The lowest BCUT2D eigenvalue weighted by atomic mass is 9.93. The van der Waals surface area contributed by atoms with Gasteiger partial charge in [-0.05, 0) is 23.8 Å². The van der Waals surface area contributed by atoms with Crippen LogP contribution in [0.25, 0.3) is 0 Å². The summed E-state index contributed by atoms with van der Waals surface area (Å²) in [6, 6.07) is 18.4. The van der Waals surface area contributed by atoms with Crippen LogP contribution in [0, 0.1) is 5.92 Å². The third-order valence-electron chi connectivity index (χ3n) is 4.90. The molecule has 1 saturated heterocycles. The number of ether oxygens (including phenoxy) is 2. The molecule has 5 heteroatoms. The predicted molar refractivity (Wildman–Crippen MR) is 94.6 cm³/mol. The second-order valence-corrected chi connectivity index (χ2v) is 8.48. The summed E-state index contributed by atoms with van der Waals surface area (Å²) < 4.78 is 37.9. The molecule has 0 saturated carbocycles. The highest BCUT2D eigenvalue weighted by Crippen LogP contribution is 2.43. The molecular weight excluding hydrogens is 336 g/mol. The first-order valence-electron chi connectivity index (χ1n) is 8.40. The fourth-order valence-corrected chi connectivity index (χ4v) is 5.09. The molecule has 2 bridgehead atoms. The molecule has 4 atom stereocenters. The van der Waals surface area contributed by atoms with E-state index < -0.39 is 15.9 Å². The average molecular weight is 356 g/mol. The quantitative estimate of drug-likeness (QED) is 0.824. The van der Waals surface area contributed by atoms with E-state index in [1.165, 1.54) is 0 Å². The SMILES string of the molecule is C[C@@H]1[C@H](OCc2ccccc2)[C@@H]2O[C@H]1C=C2S(=O)(=O)c1ccccc1. The maximum atomic E-state index is 12.9. The summed E-state index contributed by atoms with van der Waals surface area (Å²) in [4.78, 5) is 0.631. The first-order chi connectivity index (χ1) is 12.1. The third-order valence-corrected chi connectivity index (χ3v) is 6.78. The van der Waals surface area contributed by atoms with E-state index in [1.807, 2.05) is 37.3 Å². The summed E-state index contributed by atoms with van der Waals surface area (Å²) in [5, 5.41) is 0. The summed E-state index contributed by atoms with van der Waals surface area (Å²) >= 11 is 0. The van der Waals surface area contributed by atoms with Crippen LogP contribution < -0.4 is 0 Å². The Morgan fingerprint density at radius 2 is 1.64 bits per heavy atom. The van der Waals surface area contributed by atoms with Gasteiger partial charge in [-0.3, -0.25) is 0 Å². The molecule has 1 fully saturated rings. The highest BCUT2D eigenvalue weighted by atomic mass is 32.2. The van der Waals surface area contributed by atoms with Crippen molar-refractivity contribution in [2.45, 2.75) is 36.7 Å². The van der Waals surface area contributed by atoms with Gasteiger partial charge in [-0.1, -0.05) is 55.5 Å². The highest BCUT2D eigenvalue weighted by Gasteiger charge is 2.52. The fraction of sp³-hybridized carbons (Fsp3) is 0.300. The Morgan fingerprint density at radius 1 is 1.00 bits per heavy atom. The molecule has 0 unspecified atom stereocenters. The summed E-state index contributed by atoms with van der Waals surface area (Å²) in [6.45, 7) is 2.49. The van der Waals surface area contributed by atoms with Gasteiger partial charge in [0.1, 0.15) is 6.10 Å². The molecule has 2 heterocycles. The summed E-state index contributed by atoms with van der Waals surface area (Å²) in [5.41, 5.74) is 1.06. The average Bonchev–Trinajstić information content (AvgIpc) is 3.21. The summed E-state index contributed by atoms with van der Waals surface area (Å²) in [7, 11) is -3.55. The first-order valence-corrected chi connectivity index (χ1v) is 9.88. The van der Waals surface area contributed by atoms with E-state index in [4.69, 9.17) is 9.47 Å². The lowest BCUT2D eigenvalue weighted by molar-refractivity contribution is -0.00763. The molecule has 0 aliphatic carbocycles. The van der Waals surface area contributed by atoms with Crippen molar-refractivity contribution in [1.29, 1.82) is 0 Å². The molecule has 4 rings (SSSR count). The van der Waals surface area contributed by atoms with Gasteiger partial charge in [0.05, 0.1) is 28.6 Å². The molecule has 2 aliphatic heterocycles. The molecule has 25 heavy (non-hydrogen) atoms. The van der Waals surface area contributed by atoms with Gasteiger partial charge in [-0.15, -0.1) is 0 Å². The van der Waals surface area contributed by atoms with Gasteiger partial charge in [-0.2, -0.15) is 0 Å². The minimum absolute atomic E-state index is 0.128. The van der Waals surface area contributed by atoms with Crippen LogP contribution in [-0.2, 0) is 25.9 Å². The topological polar surface area (TPSA) is 52.6 Å². The molecule has 130 valence electrons. The number of hydrogen-bond acceptors (Lipinski definition) is 4. The van der Waals surface area contributed by atoms with Crippen LogP contribution in [0.5, 0.6) is 0 Å². The van der Waals surface area contributed by atoms with Crippen LogP contribution >= 0.6 is 0 Å². The van der Waals surface area contributed by atoms with Crippen molar-refractivity contribution in [3.63, 3.8) is 0 Å². The number of rotatable bonds is 5. The minimum Gasteiger partial charge on any atom is -0.370 e. The fourth-order valence-electron chi connectivity index (χ4n) is 3.49. The van der Waals surface area contributed by atoms with E-state index in [1.54, 1.807) is 36.4 Å². The van der Waals surface area contributed by atoms with Crippen molar-refractivity contribution in [1.82, 2.24) is 0 Å². The van der Waals surface area contributed by atoms with Crippen molar-refractivity contribution >= 4 is 9.84 Å². The van der Waals surface area contributed by atoms with Gasteiger partial charge in [-0.25, -0.2) is 8.42 Å². The molecule has 2 aromatic rings. The molecule has 0 radical (unpaired) electrons. The second-order valence-electron chi connectivity index (χ2n) is 6.53. The van der Waals surface area contributed by atoms with E-state index in [0.29, 0.717) is 16.4 Å². The van der Waals surface area contributed by atoms with E-state index in [9.17, 15) is 8.42 Å². The highest BCUT2D eigenvalue weighted by molar-refractivity contribution is 7.95. The maximum Gasteiger partial charge on any atom is 0.205 e. The van der Waals surface area contributed by atoms with Gasteiger partial charge < -0.3 is 9.47 Å². The number of hydrogen-bond donors (Lipinski definition) is 0. The number of fused-ring (bicyclic) bond motifs is 2. The zero-order chi connectivity index (χ0) is 17.4. The van der Waals surface area contributed by atoms with Crippen molar-refractivity contribution in [3.8, 4) is 0 Å². The van der Waals surface area contributed by atoms with Crippen molar-refractivity contribution in [2.75, 3.05) is 0 Å². The van der Waals surface area contributed by atoms with Gasteiger partial charge in [0, 0.05) is 5.92 Å². The molecule has 0 aromatic heterocycles. The summed E-state index contributed by atoms with van der Waals surface area (Å²) in [5.74, 6) is 0.128. The molecular formula is C20H20O4S. The molecule has 0 N–H and O–H groups in total. The minimum atomic E-state index is -3.55. The maximum absolute atomic E-state index is 12.9. The second kappa shape index (κ2) is 6.41. The number of sulfone groups is 1. The Kier molecular flexibility index (Phi) is 4.23. The normalized spacial score (nSPS) is 28.1. The Bertz CT molecular complexity index is 874. The smallest absolute Gasteiger partial charge is 0.205 e. The van der Waals surface area contributed by atoms with E-state index in [0.717, 1.165) is 5.56 Å². The van der Waals surface area contributed by atoms with Gasteiger partial charge in [0.15, 0.2) is 0 Å². The first kappa shape index (κ1) is 16.5. The molecule has 4 nitrogen and oxygen atoms in total. The van der Waals surface area contributed by atoms with Crippen molar-refractivity contribution in [2.24, 2.45) is 5.92 Å². The van der Waals surface area contributed by atoms with Gasteiger partial charge in [0.25, 0.3) is 0 Å². The molecule has 2 aliphatic rings. The zero-order valence-electron chi connectivity index (χ0n) is 13.9. The monoisotopic (exact) mass is 356 g/mol. The largest absolute Gasteiger partial charge is 0.370 e. The van der Waals surface area contributed by atoms with Crippen LogP contribution in [0.4, 0.5) is 0 Å². The lowest BCUT2D eigenvalue weighted by Gasteiger charge is -2.26. The zero-order valence-corrected chi connectivity index (χ0v) is 14.7. The third kappa shape index (κ3) is 2.92. The Balaban J connectivity index is 1.56. The Morgan fingerprint density at radius 3 is 2.28 bits per heavy atom. The van der Waals surface area contributed by atoms with Crippen LogP contribution in [0.15, 0.2) is 76.5 Å². The van der Waals surface area contributed by atoms with Crippen LogP contribution in [0.2, 0.25) is 0 Å².